The molecule has 2 rings (SSSR count). The third kappa shape index (κ3) is 7.09. The molecule has 0 N–H and O–H groups in total. The molecule has 0 bridgehead atoms. The van der Waals surface area contributed by atoms with E-state index in [-0.39, 0.29) is 12.4 Å². The quantitative estimate of drug-likeness (QED) is 0.713. The Bertz CT molecular complexity index is 532. The van der Waals surface area contributed by atoms with E-state index in [2.05, 4.69) is 4.98 Å². The molecule has 0 atom stereocenters. The second kappa shape index (κ2) is 11.1. The van der Waals surface area contributed by atoms with Crippen LogP contribution in [0.1, 0.15) is 39.0 Å². The van der Waals surface area contributed by atoms with Gasteiger partial charge in [-0.3, -0.25) is 0 Å². The van der Waals surface area contributed by atoms with Crippen LogP contribution in [0, 0.1) is 12.7 Å². The summed E-state index contributed by atoms with van der Waals surface area (Å²) in [4.78, 5) is 4.16. The van der Waals surface area contributed by atoms with E-state index in [0.29, 0.717) is 16.5 Å². The van der Waals surface area contributed by atoms with Crippen LogP contribution in [0.5, 0.6) is 5.88 Å². The third-order valence-electron chi connectivity index (χ3n) is 2.25. The van der Waals surface area contributed by atoms with Crippen molar-refractivity contribution in [3.05, 3.63) is 58.5 Å². The molecule has 2 aromatic rings. The monoisotopic (exact) mass is 311 g/mol. The van der Waals surface area contributed by atoms with E-state index in [9.17, 15) is 4.39 Å². The van der Waals surface area contributed by atoms with E-state index >= 15 is 0 Å². The Kier molecular flexibility index (Phi) is 10.2. The number of hydrogen-bond donors (Lipinski definition) is 0. The Balaban J connectivity index is 0.000000921. The van der Waals surface area contributed by atoms with Gasteiger partial charge in [0.2, 0.25) is 5.88 Å². The van der Waals surface area contributed by atoms with Gasteiger partial charge in [0.15, 0.2) is 0 Å². The SMILES string of the molecule is CC.CC.Cc1cccc(OCc2ccc(Cl)cc2F)n1. The van der Waals surface area contributed by atoms with Gasteiger partial charge in [-0.05, 0) is 25.1 Å². The number of halogens is 2. The molecule has 0 aliphatic rings. The van der Waals surface area contributed by atoms with E-state index < -0.39 is 0 Å². The van der Waals surface area contributed by atoms with Gasteiger partial charge in [-0.15, -0.1) is 0 Å². The van der Waals surface area contributed by atoms with Crippen LogP contribution in [0.3, 0.4) is 0 Å². The molecule has 0 amide bonds. The Hall–Kier alpha value is -1.61. The molecular weight excluding hydrogens is 289 g/mol. The highest BCUT2D eigenvalue weighted by atomic mass is 35.5. The average molecular weight is 312 g/mol. The third-order valence-corrected chi connectivity index (χ3v) is 2.49. The van der Waals surface area contributed by atoms with E-state index in [1.165, 1.54) is 6.07 Å². The van der Waals surface area contributed by atoms with Gasteiger partial charge in [0.05, 0.1) is 0 Å². The van der Waals surface area contributed by atoms with Gasteiger partial charge in [-0.25, -0.2) is 9.37 Å². The van der Waals surface area contributed by atoms with E-state index in [0.717, 1.165) is 5.69 Å². The predicted octanol–water partition coefficient (Wildman–Crippen LogP) is 5.81. The Morgan fingerprint density at radius 1 is 1.10 bits per heavy atom. The average Bonchev–Trinajstić information content (AvgIpc) is 2.50. The fraction of sp³-hybridized carbons (Fsp3) is 0.353. The van der Waals surface area contributed by atoms with Crippen LogP contribution < -0.4 is 4.74 Å². The van der Waals surface area contributed by atoms with Crippen molar-refractivity contribution in [3.63, 3.8) is 0 Å². The van der Waals surface area contributed by atoms with Crippen molar-refractivity contribution in [2.45, 2.75) is 41.2 Å². The fourth-order valence-electron chi connectivity index (χ4n) is 1.39. The molecule has 1 aromatic carbocycles. The summed E-state index contributed by atoms with van der Waals surface area (Å²) in [6, 6.07) is 9.96. The minimum Gasteiger partial charge on any atom is -0.473 e. The summed E-state index contributed by atoms with van der Waals surface area (Å²) < 4.78 is 18.8. The molecule has 116 valence electrons. The molecule has 0 fully saturated rings. The lowest BCUT2D eigenvalue weighted by Gasteiger charge is -2.06. The molecule has 1 heterocycles. The predicted molar refractivity (Wildman–Crippen MR) is 87.4 cm³/mol. The largest absolute Gasteiger partial charge is 0.473 e. The van der Waals surface area contributed by atoms with E-state index in [1.54, 1.807) is 18.2 Å². The Morgan fingerprint density at radius 2 is 1.76 bits per heavy atom. The van der Waals surface area contributed by atoms with Gasteiger partial charge < -0.3 is 4.74 Å². The van der Waals surface area contributed by atoms with Crippen molar-refractivity contribution in [2.75, 3.05) is 0 Å². The highest BCUT2D eigenvalue weighted by molar-refractivity contribution is 6.30. The standard InChI is InChI=1S/C13H11ClFNO.2C2H6/c1-9-3-2-4-13(16-9)17-8-10-5-6-11(14)7-12(10)15;2*1-2/h2-7H,8H2,1H3;2*1-2H3. The topological polar surface area (TPSA) is 22.1 Å². The molecule has 2 nitrogen and oxygen atoms in total. The van der Waals surface area contributed by atoms with Crippen LogP contribution in [0.2, 0.25) is 5.02 Å². The smallest absolute Gasteiger partial charge is 0.213 e. The van der Waals surface area contributed by atoms with Gasteiger partial charge >= 0.3 is 0 Å². The highest BCUT2D eigenvalue weighted by Gasteiger charge is 2.04. The first kappa shape index (κ1) is 19.4. The van der Waals surface area contributed by atoms with E-state index in [4.69, 9.17) is 16.3 Å². The van der Waals surface area contributed by atoms with Crippen LogP contribution in [-0.2, 0) is 6.61 Å². The number of pyridine rings is 1. The first-order chi connectivity index (χ1) is 10.1. The maximum atomic E-state index is 13.4. The van der Waals surface area contributed by atoms with Crippen LogP contribution in [0.15, 0.2) is 36.4 Å². The summed E-state index contributed by atoms with van der Waals surface area (Å²) in [5, 5.41) is 0.375. The number of aromatic nitrogens is 1. The van der Waals surface area contributed by atoms with Crippen molar-refractivity contribution in [2.24, 2.45) is 0 Å². The summed E-state index contributed by atoms with van der Waals surface area (Å²) in [6.45, 7) is 10.0. The molecular formula is C17H23ClFNO. The molecule has 0 spiro atoms. The van der Waals surface area contributed by atoms with Crippen molar-refractivity contribution < 1.29 is 9.13 Å². The van der Waals surface area contributed by atoms with Crippen molar-refractivity contribution >= 4 is 11.6 Å². The minimum atomic E-state index is -0.370. The molecule has 0 saturated carbocycles. The molecule has 0 saturated heterocycles. The Labute approximate surface area is 131 Å². The van der Waals surface area contributed by atoms with Gasteiger partial charge in [0.25, 0.3) is 0 Å². The number of benzene rings is 1. The normalized spacial score (nSPS) is 8.90. The Morgan fingerprint density at radius 3 is 2.33 bits per heavy atom. The van der Waals surface area contributed by atoms with E-state index in [1.807, 2.05) is 46.8 Å². The van der Waals surface area contributed by atoms with Crippen LogP contribution in [0.25, 0.3) is 0 Å². The molecule has 0 unspecified atom stereocenters. The first-order valence-electron chi connectivity index (χ1n) is 7.15. The zero-order valence-corrected chi connectivity index (χ0v) is 14.0. The minimum absolute atomic E-state index is 0.138. The van der Waals surface area contributed by atoms with Gasteiger partial charge in [0, 0.05) is 22.3 Å². The summed E-state index contributed by atoms with van der Waals surface area (Å²) in [5.74, 6) is 0.115. The molecule has 0 aliphatic carbocycles. The van der Waals surface area contributed by atoms with Crippen molar-refractivity contribution in [1.29, 1.82) is 0 Å². The zero-order valence-electron chi connectivity index (χ0n) is 13.3. The molecule has 21 heavy (non-hydrogen) atoms. The van der Waals surface area contributed by atoms with Crippen molar-refractivity contribution in [3.8, 4) is 5.88 Å². The lowest BCUT2D eigenvalue weighted by Crippen LogP contribution is -2.00. The second-order valence-electron chi connectivity index (χ2n) is 3.64. The van der Waals surface area contributed by atoms with Gasteiger partial charge in [-0.1, -0.05) is 51.4 Å². The summed E-state index contributed by atoms with van der Waals surface area (Å²) >= 11 is 5.66. The number of hydrogen-bond acceptors (Lipinski definition) is 2. The highest BCUT2D eigenvalue weighted by Crippen LogP contribution is 2.16. The number of aryl methyl sites for hydroxylation is 1. The van der Waals surface area contributed by atoms with Crippen LogP contribution >= 0.6 is 11.6 Å². The first-order valence-corrected chi connectivity index (χ1v) is 7.53. The maximum absolute atomic E-state index is 13.4. The zero-order chi connectivity index (χ0) is 16.3. The molecule has 1 aromatic heterocycles. The number of rotatable bonds is 3. The second-order valence-corrected chi connectivity index (χ2v) is 4.08. The van der Waals surface area contributed by atoms with Gasteiger partial charge in [0.1, 0.15) is 12.4 Å². The number of ether oxygens (including phenoxy) is 1. The number of nitrogens with zero attached hydrogens (tertiary/aromatic N) is 1. The lowest BCUT2D eigenvalue weighted by atomic mass is 10.2. The fourth-order valence-corrected chi connectivity index (χ4v) is 1.55. The maximum Gasteiger partial charge on any atom is 0.213 e. The summed E-state index contributed by atoms with van der Waals surface area (Å²) in [7, 11) is 0. The summed E-state index contributed by atoms with van der Waals surface area (Å²) in [5.41, 5.74) is 1.32. The van der Waals surface area contributed by atoms with Gasteiger partial charge in [-0.2, -0.15) is 0 Å². The van der Waals surface area contributed by atoms with Crippen molar-refractivity contribution in [1.82, 2.24) is 4.98 Å². The van der Waals surface area contributed by atoms with Crippen LogP contribution in [-0.4, -0.2) is 4.98 Å². The molecule has 4 heteroatoms. The summed E-state index contributed by atoms with van der Waals surface area (Å²) in [6.07, 6.45) is 0. The van der Waals surface area contributed by atoms with Crippen LogP contribution in [0.4, 0.5) is 4.39 Å². The lowest BCUT2D eigenvalue weighted by molar-refractivity contribution is 0.287. The molecule has 0 radical (unpaired) electrons. The molecule has 0 aliphatic heterocycles.